The highest BCUT2D eigenvalue weighted by Crippen LogP contribution is 2.07. The SMILES string of the molecule is O=C(CCO)COc1ccccc1. The van der Waals surface area contributed by atoms with Crippen LogP contribution in [-0.4, -0.2) is 24.1 Å². The summed E-state index contributed by atoms with van der Waals surface area (Å²) in [5, 5.41) is 8.46. The Kier molecular flexibility index (Phi) is 3.99. The fraction of sp³-hybridized carbons (Fsp3) is 0.300. The van der Waals surface area contributed by atoms with Crippen molar-refractivity contribution in [3.05, 3.63) is 30.3 Å². The van der Waals surface area contributed by atoms with Crippen molar-refractivity contribution in [1.29, 1.82) is 0 Å². The lowest BCUT2D eigenvalue weighted by atomic mass is 10.3. The first-order chi connectivity index (χ1) is 6.33. The van der Waals surface area contributed by atoms with Crippen LogP contribution in [0, 0.1) is 0 Å². The molecule has 0 atom stereocenters. The van der Waals surface area contributed by atoms with Crippen molar-refractivity contribution in [2.45, 2.75) is 6.42 Å². The number of benzene rings is 1. The second-order valence-corrected chi connectivity index (χ2v) is 2.61. The van der Waals surface area contributed by atoms with Crippen molar-refractivity contribution >= 4 is 5.78 Å². The van der Waals surface area contributed by atoms with Gasteiger partial charge in [0.15, 0.2) is 5.78 Å². The van der Waals surface area contributed by atoms with E-state index in [9.17, 15) is 4.79 Å². The zero-order chi connectivity index (χ0) is 9.52. The van der Waals surface area contributed by atoms with Crippen molar-refractivity contribution in [3.8, 4) is 5.75 Å². The van der Waals surface area contributed by atoms with Crippen LogP contribution in [0.15, 0.2) is 30.3 Å². The second kappa shape index (κ2) is 5.32. The summed E-state index contributed by atoms with van der Waals surface area (Å²) in [6, 6.07) is 9.12. The van der Waals surface area contributed by atoms with Crippen LogP contribution in [0.1, 0.15) is 6.42 Å². The van der Waals surface area contributed by atoms with Crippen molar-refractivity contribution in [2.75, 3.05) is 13.2 Å². The van der Waals surface area contributed by atoms with Crippen molar-refractivity contribution < 1.29 is 14.6 Å². The van der Waals surface area contributed by atoms with Crippen LogP contribution in [0.4, 0.5) is 0 Å². The first-order valence-electron chi connectivity index (χ1n) is 4.13. The average Bonchev–Trinajstić information content (AvgIpc) is 2.17. The van der Waals surface area contributed by atoms with Gasteiger partial charge < -0.3 is 9.84 Å². The molecule has 0 saturated carbocycles. The van der Waals surface area contributed by atoms with Gasteiger partial charge in [0.05, 0.1) is 6.61 Å². The minimum Gasteiger partial charge on any atom is -0.486 e. The number of aliphatic hydroxyl groups excluding tert-OH is 1. The summed E-state index contributed by atoms with van der Waals surface area (Å²) in [5.74, 6) is 0.583. The van der Waals surface area contributed by atoms with E-state index in [0.29, 0.717) is 5.75 Å². The molecule has 0 aromatic heterocycles. The lowest BCUT2D eigenvalue weighted by Gasteiger charge is -2.03. The third-order valence-corrected chi connectivity index (χ3v) is 1.53. The summed E-state index contributed by atoms with van der Waals surface area (Å²) in [4.78, 5) is 10.9. The molecule has 1 aromatic rings. The molecule has 0 unspecified atom stereocenters. The first kappa shape index (κ1) is 9.74. The number of hydrogen-bond acceptors (Lipinski definition) is 3. The number of aliphatic hydroxyl groups is 1. The molecule has 0 aliphatic carbocycles. The van der Waals surface area contributed by atoms with E-state index in [1.807, 2.05) is 18.2 Å². The van der Waals surface area contributed by atoms with Gasteiger partial charge >= 0.3 is 0 Å². The van der Waals surface area contributed by atoms with Gasteiger partial charge in [-0.2, -0.15) is 0 Å². The topological polar surface area (TPSA) is 46.5 Å². The summed E-state index contributed by atoms with van der Waals surface area (Å²) < 4.78 is 5.16. The number of ketones is 1. The average molecular weight is 180 g/mol. The monoisotopic (exact) mass is 180 g/mol. The number of carbonyl (C=O) groups is 1. The molecule has 0 fully saturated rings. The molecule has 1 aromatic carbocycles. The molecule has 70 valence electrons. The first-order valence-corrected chi connectivity index (χ1v) is 4.13. The van der Waals surface area contributed by atoms with Crippen LogP contribution in [-0.2, 0) is 4.79 Å². The zero-order valence-electron chi connectivity index (χ0n) is 7.27. The highest BCUT2D eigenvalue weighted by molar-refractivity contribution is 5.79. The fourth-order valence-corrected chi connectivity index (χ4v) is 0.877. The third kappa shape index (κ3) is 3.71. The largest absolute Gasteiger partial charge is 0.486 e. The van der Waals surface area contributed by atoms with E-state index >= 15 is 0 Å². The number of para-hydroxylation sites is 1. The van der Waals surface area contributed by atoms with Crippen molar-refractivity contribution in [3.63, 3.8) is 0 Å². The van der Waals surface area contributed by atoms with Gasteiger partial charge in [0.1, 0.15) is 12.4 Å². The molecule has 0 saturated heterocycles. The van der Waals surface area contributed by atoms with Crippen LogP contribution in [0.5, 0.6) is 5.75 Å². The molecule has 0 amide bonds. The summed E-state index contributed by atoms with van der Waals surface area (Å²) in [5.41, 5.74) is 0. The molecule has 1 N–H and O–H groups in total. The summed E-state index contributed by atoms with van der Waals surface area (Å²) >= 11 is 0. The summed E-state index contributed by atoms with van der Waals surface area (Å²) in [7, 11) is 0. The fourth-order valence-electron chi connectivity index (χ4n) is 0.877. The van der Waals surface area contributed by atoms with Crippen molar-refractivity contribution in [1.82, 2.24) is 0 Å². The molecule has 0 aliphatic heterocycles. The molecular weight excluding hydrogens is 168 g/mol. The summed E-state index contributed by atoms with van der Waals surface area (Å²) in [6.07, 6.45) is 0.160. The number of carbonyl (C=O) groups excluding carboxylic acids is 1. The smallest absolute Gasteiger partial charge is 0.172 e. The Morgan fingerprint density at radius 2 is 2.00 bits per heavy atom. The highest BCUT2D eigenvalue weighted by Gasteiger charge is 2.00. The Balaban J connectivity index is 2.31. The molecule has 0 spiro atoms. The van der Waals surface area contributed by atoms with Crippen LogP contribution in [0.3, 0.4) is 0 Å². The minimum absolute atomic E-state index is 0.0323. The number of rotatable bonds is 5. The number of ether oxygens (including phenoxy) is 1. The van der Waals surface area contributed by atoms with Gasteiger partial charge in [0.2, 0.25) is 0 Å². The lowest BCUT2D eigenvalue weighted by molar-refractivity contribution is -0.121. The predicted molar refractivity (Wildman–Crippen MR) is 48.6 cm³/mol. The summed E-state index contributed by atoms with van der Waals surface area (Å²) in [6.45, 7) is -0.0818. The molecular formula is C10H12O3. The second-order valence-electron chi connectivity index (χ2n) is 2.61. The van der Waals surface area contributed by atoms with Crippen LogP contribution in [0.2, 0.25) is 0 Å². The van der Waals surface area contributed by atoms with Gasteiger partial charge in [-0.05, 0) is 12.1 Å². The molecule has 0 radical (unpaired) electrons. The quantitative estimate of drug-likeness (QED) is 0.735. The van der Waals surface area contributed by atoms with Crippen LogP contribution in [0.25, 0.3) is 0 Å². The molecule has 3 heteroatoms. The van der Waals surface area contributed by atoms with Gasteiger partial charge in [0, 0.05) is 6.42 Å². The van der Waals surface area contributed by atoms with E-state index in [2.05, 4.69) is 0 Å². The van der Waals surface area contributed by atoms with Gasteiger partial charge in [-0.15, -0.1) is 0 Å². The molecule has 13 heavy (non-hydrogen) atoms. The Labute approximate surface area is 77.0 Å². The molecule has 0 bridgehead atoms. The Morgan fingerprint density at radius 3 is 2.62 bits per heavy atom. The van der Waals surface area contributed by atoms with E-state index in [4.69, 9.17) is 9.84 Å². The molecule has 1 rings (SSSR count). The van der Waals surface area contributed by atoms with Crippen LogP contribution < -0.4 is 4.74 Å². The lowest BCUT2D eigenvalue weighted by Crippen LogP contribution is -2.12. The normalized spacial score (nSPS) is 9.62. The van der Waals surface area contributed by atoms with Gasteiger partial charge in [-0.25, -0.2) is 0 Å². The predicted octanol–water partition coefficient (Wildman–Crippen LogP) is 1.02. The Bertz CT molecular complexity index is 256. The highest BCUT2D eigenvalue weighted by atomic mass is 16.5. The Morgan fingerprint density at radius 1 is 1.31 bits per heavy atom. The number of Topliss-reactive ketones (excluding diaryl/α,β-unsaturated/α-hetero) is 1. The third-order valence-electron chi connectivity index (χ3n) is 1.53. The molecule has 0 heterocycles. The van der Waals surface area contributed by atoms with Gasteiger partial charge in [-0.3, -0.25) is 4.79 Å². The maximum absolute atomic E-state index is 10.9. The van der Waals surface area contributed by atoms with E-state index in [1.54, 1.807) is 12.1 Å². The van der Waals surface area contributed by atoms with E-state index in [1.165, 1.54) is 0 Å². The van der Waals surface area contributed by atoms with Crippen molar-refractivity contribution in [2.24, 2.45) is 0 Å². The molecule has 3 nitrogen and oxygen atoms in total. The Hall–Kier alpha value is -1.35. The van der Waals surface area contributed by atoms with Gasteiger partial charge in [0.25, 0.3) is 0 Å². The van der Waals surface area contributed by atoms with E-state index in [0.717, 1.165) is 0 Å². The molecule has 0 aliphatic rings. The van der Waals surface area contributed by atoms with E-state index in [-0.39, 0.29) is 25.4 Å². The van der Waals surface area contributed by atoms with Crippen LogP contribution >= 0.6 is 0 Å². The maximum atomic E-state index is 10.9. The van der Waals surface area contributed by atoms with E-state index < -0.39 is 0 Å². The number of hydrogen-bond donors (Lipinski definition) is 1. The standard InChI is InChI=1S/C10H12O3/c11-7-6-9(12)8-13-10-4-2-1-3-5-10/h1-5,11H,6-8H2. The minimum atomic E-state index is -0.114. The van der Waals surface area contributed by atoms with Gasteiger partial charge in [-0.1, -0.05) is 18.2 Å². The zero-order valence-corrected chi connectivity index (χ0v) is 7.27. The maximum Gasteiger partial charge on any atom is 0.172 e.